The summed E-state index contributed by atoms with van der Waals surface area (Å²) in [5, 5.41) is 3.89. The molecule has 4 unspecified atom stereocenters. The number of rotatable bonds is 7. The zero-order valence-corrected chi connectivity index (χ0v) is 14.2. The zero-order valence-electron chi connectivity index (χ0n) is 14.2. The van der Waals surface area contributed by atoms with Gasteiger partial charge in [-0.1, -0.05) is 32.6 Å². The van der Waals surface area contributed by atoms with Gasteiger partial charge in [0.15, 0.2) is 0 Å². The second-order valence-electron chi connectivity index (χ2n) is 8.01. The molecule has 0 saturated heterocycles. The maximum absolute atomic E-state index is 6.17. The summed E-state index contributed by atoms with van der Waals surface area (Å²) in [6.45, 7) is 3.43. The Kier molecular flexibility index (Phi) is 5.27. The van der Waals surface area contributed by atoms with E-state index in [2.05, 4.69) is 12.2 Å². The van der Waals surface area contributed by atoms with E-state index in [0.717, 1.165) is 24.3 Å². The Labute approximate surface area is 131 Å². The van der Waals surface area contributed by atoms with Crippen molar-refractivity contribution in [1.82, 2.24) is 5.32 Å². The van der Waals surface area contributed by atoms with Gasteiger partial charge in [0.05, 0.1) is 5.60 Å². The van der Waals surface area contributed by atoms with Gasteiger partial charge < -0.3 is 10.1 Å². The highest BCUT2D eigenvalue weighted by Gasteiger charge is 2.45. The molecular formula is C19H35NO. The van der Waals surface area contributed by atoms with Crippen LogP contribution in [0.4, 0.5) is 0 Å². The Hall–Kier alpha value is -0.0800. The van der Waals surface area contributed by atoms with Crippen molar-refractivity contribution in [2.45, 2.75) is 89.2 Å². The van der Waals surface area contributed by atoms with Crippen LogP contribution < -0.4 is 5.32 Å². The predicted octanol–water partition coefficient (Wildman–Crippen LogP) is 4.53. The molecule has 3 fully saturated rings. The Balaban J connectivity index is 1.67. The van der Waals surface area contributed by atoms with Crippen molar-refractivity contribution in [3.8, 4) is 0 Å². The van der Waals surface area contributed by atoms with Gasteiger partial charge in [-0.25, -0.2) is 0 Å². The molecule has 0 aromatic heterocycles. The van der Waals surface area contributed by atoms with E-state index >= 15 is 0 Å². The Morgan fingerprint density at radius 3 is 2.52 bits per heavy atom. The van der Waals surface area contributed by atoms with Gasteiger partial charge in [-0.05, 0) is 69.2 Å². The summed E-state index contributed by atoms with van der Waals surface area (Å²) in [7, 11) is 1.97. The molecule has 3 aliphatic rings. The molecule has 4 atom stereocenters. The molecule has 0 amide bonds. The molecule has 0 radical (unpaired) electrons. The second-order valence-corrected chi connectivity index (χ2v) is 8.01. The fraction of sp³-hybridized carbons (Fsp3) is 1.00. The first-order valence-electron chi connectivity index (χ1n) is 9.56. The molecule has 3 saturated carbocycles. The largest absolute Gasteiger partial charge is 0.377 e. The molecule has 122 valence electrons. The van der Waals surface area contributed by atoms with Crippen molar-refractivity contribution < 1.29 is 4.74 Å². The molecule has 3 aliphatic carbocycles. The predicted molar refractivity (Wildman–Crippen MR) is 88.5 cm³/mol. The molecule has 0 aliphatic heterocycles. The van der Waals surface area contributed by atoms with Gasteiger partial charge >= 0.3 is 0 Å². The highest BCUT2D eigenvalue weighted by atomic mass is 16.5. The van der Waals surface area contributed by atoms with E-state index in [-0.39, 0.29) is 5.60 Å². The topological polar surface area (TPSA) is 21.3 Å². The van der Waals surface area contributed by atoms with Gasteiger partial charge in [0.25, 0.3) is 0 Å². The molecule has 0 aromatic rings. The van der Waals surface area contributed by atoms with E-state index < -0.39 is 0 Å². The lowest BCUT2D eigenvalue weighted by molar-refractivity contribution is -0.0739. The monoisotopic (exact) mass is 293 g/mol. The molecule has 21 heavy (non-hydrogen) atoms. The summed E-state index contributed by atoms with van der Waals surface area (Å²) >= 11 is 0. The minimum Gasteiger partial charge on any atom is -0.377 e. The Morgan fingerprint density at radius 2 is 1.95 bits per heavy atom. The number of nitrogens with one attached hydrogen (secondary N) is 1. The molecule has 1 N–H and O–H groups in total. The van der Waals surface area contributed by atoms with Crippen LogP contribution in [0.25, 0.3) is 0 Å². The summed E-state index contributed by atoms with van der Waals surface area (Å²) in [4.78, 5) is 0. The van der Waals surface area contributed by atoms with Crippen molar-refractivity contribution >= 4 is 0 Å². The maximum atomic E-state index is 6.17. The minimum atomic E-state index is 0.134. The lowest BCUT2D eigenvalue weighted by Gasteiger charge is -2.44. The van der Waals surface area contributed by atoms with E-state index in [9.17, 15) is 0 Å². The molecule has 3 rings (SSSR count). The van der Waals surface area contributed by atoms with E-state index in [1.54, 1.807) is 0 Å². The summed E-state index contributed by atoms with van der Waals surface area (Å²) in [6.07, 6.45) is 15.3. The van der Waals surface area contributed by atoms with Crippen molar-refractivity contribution in [2.75, 3.05) is 13.7 Å². The number of ether oxygens (including phenoxy) is 1. The molecule has 0 heterocycles. The number of fused-ring (bicyclic) bond motifs is 2. The van der Waals surface area contributed by atoms with Gasteiger partial charge in [-0.3, -0.25) is 0 Å². The maximum Gasteiger partial charge on any atom is 0.0831 e. The van der Waals surface area contributed by atoms with Crippen LogP contribution in [-0.4, -0.2) is 25.3 Å². The van der Waals surface area contributed by atoms with Crippen LogP contribution in [0.3, 0.4) is 0 Å². The van der Waals surface area contributed by atoms with Crippen LogP contribution in [0.15, 0.2) is 0 Å². The average molecular weight is 293 g/mol. The first-order valence-corrected chi connectivity index (χ1v) is 9.56. The minimum absolute atomic E-state index is 0.134. The summed E-state index contributed by atoms with van der Waals surface area (Å²) in [6, 6.07) is 0.590. The van der Waals surface area contributed by atoms with E-state index in [1.807, 2.05) is 7.11 Å². The first kappa shape index (κ1) is 15.8. The van der Waals surface area contributed by atoms with Crippen LogP contribution in [0.2, 0.25) is 0 Å². The summed E-state index contributed by atoms with van der Waals surface area (Å²) < 4.78 is 6.17. The van der Waals surface area contributed by atoms with Gasteiger partial charge in [0.1, 0.15) is 0 Å². The van der Waals surface area contributed by atoms with Crippen LogP contribution >= 0.6 is 0 Å². The standard InChI is InChI=1S/C19H35NO/c1-3-11-20-18(19(21-2)9-5-4-6-10-19)14-17-13-15-7-8-16(17)12-15/h15-18,20H,3-14H2,1-2H3. The van der Waals surface area contributed by atoms with Crippen molar-refractivity contribution in [2.24, 2.45) is 17.8 Å². The molecule has 2 bridgehead atoms. The molecule has 0 spiro atoms. The van der Waals surface area contributed by atoms with Crippen LogP contribution in [-0.2, 0) is 4.74 Å². The summed E-state index contributed by atoms with van der Waals surface area (Å²) in [5.74, 6) is 3.09. The number of hydrogen-bond acceptors (Lipinski definition) is 2. The van der Waals surface area contributed by atoms with E-state index in [0.29, 0.717) is 6.04 Å². The molecular weight excluding hydrogens is 258 g/mol. The zero-order chi connectivity index (χ0) is 14.7. The van der Waals surface area contributed by atoms with Crippen LogP contribution in [0.5, 0.6) is 0 Å². The quantitative estimate of drug-likeness (QED) is 0.744. The number of methoxy groups -OCH3 is 1. The Bertz CT molecular complexity index is 324. The second kappa shape index (κ2) is 7.00. The van der Waals surface area contributed by atoms with Gasteiger partial charge in [-0.15, -0.1) is 0 Å². The first-order chi connectivity index (χ1) is 10.3. The van der Waals surface area contributed by atoms with Crippen molar-refractivity contribution in [1.29, 1.82) is 0 Å². The van der Waals surface area contributed by atoms with Crippen molar-refractivity contribution in [3.63, 3.8) is 0 Å². The smallest absolute Gasteiger partial charge is 0.0831 e. The fourth-order valence-corrected chi connectivity index (χ4v) is 5.62. The highest BCUT2D eigenvalue weighted by molar-refractivity contribution is 4.99. The third-order valence-electron chi connectivity index (χ3n) is 6.81. The van der Waals surface area contributed by atoms with E-state index in [1.165, 1.54) is 70.6 Å². The third kappa shape index (κ3) is 3.32. The normalized spacial score (nSPS) is 36.0. The Morgan fingerprint density at radius 1 is 1.14 bits per heavy atom. The van der Waals surface area contributed by atoms with Crippen LogP contribution in [0.1, 0.15) is 77.6 Å². The van der Waals surface area contributed by atoms with Gasteiger partial charge in [0, 0.05) is 13.2 Å². The highest BCUT2D eigenvalue weighted by Crippen LogP contribution is 2.51. The van der Waals surface area contributed by atoms with Crippen LogP contribution in [0, 0.1) is 17.8 Å². The summed E-state index contributed by atoms with van der Waals surface area (Å²) in [5.41, 5.74) is 0.134. The fourth-order valence-electron chi connectivity index (χ4n) is 5.62. The lowest BCUT2D eigenvalue weighted by atomic mass is 9.73. The molecule has 2 nitrogen and oxygen atoms in total. The van der Waals surface area contributed by atoms with E-state index in [4.69, 9.17) is 4.74 Å². The SMILES string of the molecule is CCCNC(CC1CC2CCC1C2)C1(OC)CCCCC1. The average Bonchev–Trinajstić information content (AvgIpc) is 3.14. The lowest BCUT2D eigenvalue weighted by Crippen LogP contribution is -2.54. The van der Waals surface area contributed by atoms with Crippen molar-refractivity contribution in [3.05, 3.63) is 0 Å². The van der Waals surface area contributed by atoms with Gasteiger partial charge in [-0.2, -0.15) is 0 Å². The molecule has 2 heteroatoms. The number of hydrogen-bond donors (Lipinski definition) is 1. The molecule has 0 aromatic carbocycles. The van der Waals surface area contributed by atoms with Gasteiger partial charge in [0.2, 0.25) is 0 Å². The third-order valence-corrected chi connectivity index (χ3v) is 6.81.